The van der Waals surface area contributed by atoms with Crippen molar-refractivity contribution in [1.29, 1.82) is 0 Å². The summed E-state index contributed by atoms with van der Waals surface area (Å²) in [6.07, 6.45) is 2.97. The Kier molecular flexibility index (Phi) is 6.00. The number of methoxy groups -OCH3 is 1. The lowest BCUT2D eigenvalue weighted by Crippen LogP contribution is -2.50. The van der Waals surface area contributed by atoms with Gasteiger partial charge in [0.05, 0.1) is 12.9 Å². The maximum atomic E-state index is 13.6. The molecule has 1 N–H and O–H groups in total. The number of benzene rings is 1. The molecule has 3 aliphatic rings. The standard InChI is InChI=1S/C24H30N4O5S2/c1-23(2)16-10-11-24(23,19(29)13-16)14-35(31,32)28-12-4-5-18(28)20(30)25-22-27-26-21(34-22)15-6-8-17(33-3)9-7-15/h6-9,16,18H,4-5,10-14H2,1-3H3,(H,25,27,30). The number of ether oxygens (including phenoxy) is 1. The molecule has 188 valence electrons. The second kappa shape index (κ2) is 8.63. The number of ketones is 1. The van der Waals surface area contributed by atoms with E-state index in [-0.39, 0.29) is 29.4 Å². The highest BCUT2D eigenvalue weighted by atomic mass is 32.2. The minimum atomic E-state index is -3.81. The first-order chi connectivity index (χ1) is 16.6. The Labute approximate surface area is 209 Å². The molecule has 5 rings (SSSR count). The van der Waals surface area contributed by atoms with Crippen LogP contribution in [0, 0.1) is 16.7 Å². The van der Waals surface area contributed by atoms with E-state index in [2.05, 4.69) is 15.5 Å². The molecule has 0 radical (unpaired) electrons. The predicted molar refractivity (Wildman–Crippen MR) is 133 cm³/mol. The molecule has 1 aromatic heterocycles. The first kappa shape index (κ1) is 24.3. The quantitative estimate of drug-likeness (QED) is 0.597. The first-order valence-electron chi connectivity index (χ1n) is 11.9. The molecule has 3 fully saturated rings. The van der Waals surface area contributed by atoms with Crippen LogP contribution in [0.25, 0.3) is 10.6 Å². The summed E-state index contributed by atoms with van der Waals surface area (Å²) < 4.78 is 33.6. The van der Waals surface area contributed by atoms with E-state index in [0.717, 1.165) is 17.7 Å². The van der Waals surface area contributed by atoms with Crippen LogP contribution >= 0.6 is 11.3 Å². The van der Waals surface area contributed by atoms with Crippen molar-refractivity contribution in [1.82, 2.24) is 14.5 Å². The summed E-state index contributed by atoms with van der Waals surface area (Å²) in [5.41, 5.74) is -0.363. The predicted octanol–water partition coefficient (Wildman–Crippen LogP) is 3.34. The Balaban J connectivity index is 1.30. The van der Waals surface area contributed by atoms with Gasteiger partial charge in [-0.3, -0.25) is 14.9 Å². The Morgan fingerprint density at radius 2 is 1.97 bits per heavy atom. The molecule has 2 bridgehead atoms. The van der Waals surface area contributed by atoms with Gasteiger partial charge in [-0.1, -0.05) is 25.2 Å². The van der Waals surface area contributed by atoms with Crippen molar-refractivity contribution in [2.45, 2.75) is 52.0 Å². The molecule has 1 amide bonds. The summed E-state index contributed by atoms with van der Waals surface area (Å²) in [4.78, 5) is 26.0. The lowest BCUT2D eigenvalue weighted by molar-refractivity contribution is -0.128. The summed E-state index contributed by atoms with van der Waals surface area (Å²) >= 11 is 1.22. The largest absolute Gasteiger partial charge is 0.497 e. The van der Waals surface area contributed by atoms with E-state index in [1.807, 2.05) is 38.1 Å². The van der Waals surface area contributed by atoms with Gasteiger partial charge in [-0.15, -0.1) is 10.2 Å². The monoisotopic (exact) mass is 518 g/mol. The van der Waals surface area contributed by atoms with Crippen molar-refractivity contribution < 1.29 is 22.7 Å². The molecule has 3 unspecified atom stereocenters. The fourth-order valence-corrected chi connectivity index (χ4v) is 9.36. The molecular formula is C24H30N4O5S2. The third kappa shape index (κ3) is 3.97. The molecule has 9 nitrogen and oxygen atoms in total. The normalized spacial score (nSPS) is 27.9. The summed E-state index contributed by atoms with van der Waals surface area (Å²) in [5, 5.41) is 11.9. The molecule has 2 heterocycles. The first-order valence-corrected chi connectivity index (χ1v) is 14.3. The number of carbonyl (C=O) groups excluding carboxylic acids is 2. The Hall–Kier alpha value is -2.37. The van der Waals surface area contributed by atoms with Crippen molar-refractivity contribution in [3.8, 4) is 16.3 Å². The number of fused-ring (bicyclic) bond motifs is 2. The number of nitrogens with one attached hydrogen (secondary N) is 1. The summed E-state index contributed by atoms with van der Waals surface area (Å²) in [7, 11) is -2.22. The van der Waals surface area contributed by atoms with Gasteiger partial charge >= 0.3 is 0 Å². The van der Waals surface area contributed by atoms with E-state index in [9.17, 15) is 18.0 Å². The van der Waals surface area contributed by atoms with Gasteiger partial charge in [0.1, 0.15) is 22.6 Å². The number of aromatic nitrogens is 2. The Bertz CT molecular complexity index is 1260. The summed E-state index contributed by atoms with van der Waals surface area (Å²) in [6.45, 7) is 4.33. The van der Waals surface area contributed by atoms with Crippen LogP contribution in [0.4, 0.5) is 5.13 Å². The number of sulfonamides is 1. The molecule has 3 atom stereocenters. The van der Waals surface area contributed by atoms with Gasteiger partial charge < -0.3 is 4.74 Å². The third-order valence-electron chi connectivity index (χ3n) is 8.42. The number of carbonyl (C=O) groups is 2. The molecule has 1 aromatic carbocycles. The number of nitrogens with zero attached hydrogens (tertiary/aromatic N) is 3. The maximum Gasteiger partial charge on any atom is 0.244 e. The van der Waals surface area contributed by atoms with Gasteiger partial charge in [0.2, 0.25) is 21.1 Å². The third-order valence-corrected chi connectivity index (χ3v) is 11.3. The van der Waals surface area contributed by atoms with Crippen molar-refractivity contribution >= 4 is 38.2 Å². The van der Waals surface area contributed by atoms with E-state index in [0.29, 0.717) is 35.8 Å². The van der Waals surface area contributed by atoms with Crippen LogP contribution in [0.5, 0.6) is 5.75 Å². The van der Waals surface area contributed by atoms with Gasteiger partial charge in [-0.25, -0.2) is 8.42 Å². The Morgan fingerprint density at radius 3 is 2.60 bits per heavy atom. The number of hydrogen-bond acceptors (Lipinski definition) is 8. The van der Waals surface area contributed by atoms with Crippen LogP contribution in [0.1, 0.15) is 46.0 Å². The van der Waals surface area contributed by atoms with E-state index in [1.54, 1.807) is 7.11 Å². The minimum absolute atomic E-state index is 0.0578. The van der Waals surface area contributed by atoms with Gasteiger partial charge in [-0.2, -0.15) is 4.31 Å². The molecular weight excluding hydrogens is 488 g/mol. The van der Waals surface area contributed by atoms with E-state index in [1.165, 1.54) is 15.6 Å². The molecule has 1 aliphatic heterocycles. The smallest absolute Gasteiger partial charge is 0.244 e. The zero-order chi connectivity index (χ0) is 25.0. The molecule has 2 saturated carbocycles. The fourth-order valence-electron chi connectivity index (χ4n) is 6.15. The molecule has 0 spiro atoms. The number of amides is 1. The molecule has 2 aromatic rings. The van der Waals surface area contributed by atoms with Crippen LogP contribution in [0.2, 0.25) is 0 Å². The number of Topliss-reactive ketones (excluding diaryl/α,β-unsaturated/α-hetero) is 1. The molecule has 1 saturated heterocycles. The number of anilines is 1. The van der Waals surface area contributed by atoms with Crippen molar-refractivity contribution in [2.75, 3.05) is 24.7 Å². The highest BCUT2D eigenvalue weighted by Crippen LogP contribution is 2.64. The number of rotatable bonds is 7. The van der Waals surface area contributed by atoms with E-state index < -0.39 is 27.4 Å². The topological polar surface area (TPSA) is 119 Å². The van der Waals surface area contributed by atoms with Crippen LogP contribution in [-0.4, -0.2) is 60.1 Å². The zero-order valence-corrected chi connectivity index (χ0v) is 21.7. The minimum Gasteiger partial charge on any atom is -0.497 e. The fraction of sp³-hybridized carbons (Fsp3) is 0.583. The van der Waals surface area contributed by atoms with Gasteiger partial charge in [0, 0.05) is 23.9 Å². The lowest BCUT2D eigenvalue weighted by atomic mass is 9.70. The molecule has 2 aliphatic carbocycles. The van der Waals surface area contributed by atoms with E-state index in [4.69, 9.17) is 4.74 Å². The second-order valence-electron chi connectivity index (χ2n) is 10.3. The van der Waals surface area contributed by atoms with Crippen molar-refractivity contribution in [3.05, 3.63) is 24.3 Å². The van der Waals surface area contributed by atoms with E-state index >= 15 is 0 Å². The van der Waals surface area contributed by atoms with Crippen molar-refractivity contribution in [2.24, 2.45) is 16.7 Å². The average molecular weight is 519 g/mol. The summed E-state index contributed by atoms with van der Waals surface area (Å²) in [5.74, 6) is 0.390. The Morgan fingerprint density at radius 1 is 1.23 bits per heavy atom. The maximum absolute atomic E-state index is 13.6. The van der Waals surface area contributed by atoms with Crippen molar-refractivity contribution in [3.63, 3.8) is 0 Å². The average Bonchev–Trinajstić information content (AvgIpc) is 3.57. The second-order valence-corrected chi connectivity index (χ2v) is 13.2. The summed E-state index contributed by atoms with van der Waals surface area (Å²) in [6, 6.07) is 6.53. The zero-order valence-electron chi connectivity index (χ0n) is 20.1. The lowest BCUT2D eigenvalue weighted by Gasteiger charge is -2.37. The highest BCUT2D eigenvalue weighted by molar-refractivity contribution is 7.89. The highest BCUT2D eigenvalue weighted by Gasteiger charge is 2.66. The number of hydrogen-bond donors (Lipinski definition) is 1. The van der Waals surface area contributed by atoms with Gasteiger partial charge in [-0.05, 0) is 61.3 Å². The molecule has 11 heteroatoms. The SMILES string of the molecule is COc1ccc(-c2nnc(NC(=O)C3CCCN3S(=O)(=O)CC34CCC(CC3=O)C4(C)C)s2)cc1. The van der Waals surface area contributed by atoms with Crippen LogP contribution in [0.3, 0.4) is 0 Å². The van der Waals surface area contributed by atoms with Gasteiger partial charge in [0.25, 0.3) is 0 Å². The van der Waals surface area contributed by atoms with Crippen LogP contribution in [0.15, 0.2) is 24.3 Å². The van der Waals surface area contributed by atoms with Crippen LogP contribution in [-0.2, 0) is 19.6 Å². The van der Waals surface area contributed by atoms with Gasteiger partial charge in [0.15, 0.2) is 0 Å². The van der Waals surface area contributed by atoms with Crippen LogP contribution < -0.4 is 10.1 Å². The molecule has 35 heavy (non-hydrogen) atoms.